The molecule has 2 rings (SSSR count). The minimum absolute atomic E-state index is 0.103. The van der Waals surface area contributed by atoms with Crippen molar-refractivity contribution in [3.05, 3.63) is 34.1 Å². The van der Waals surface area contributed by atoms with Gasteiger partial charge in [0.05, 0.1) is 0 Å². The zero-order valence-electron chi connectivity index (χ0n) is 12.6. The van der Waals surface area contributed by atoms with E-state index in [1.807, 2.05) is 12.1 Å². The third-order valence-electron chi connectivity index (χ3n) is 3.81. The average Bonchev–Trinajstić information content (AvgIpc) is 2.49. The van der Waals surface area contributed by atoms with Gasteiger partial charge in [-0.15, -0.1) is 0 Å². The molecule has 5 heteroatoms. The molecule has 0 radical (unpaired) electrons. The van der Waals surface area contributed by atoms with Crippen LogP contribution in [0.4, 0.5) is 4.39 Å². The number of hydrogen-bond donors (Lipinski definition) is 1. The molecule has 0 aromatic heterocycles. The number of benzene rings is 1. The molecule has 1 N–H and O–H groups in total. The summed E-state index contributed by atoms with van der Waals surface area (Å²) in [6.07, 6.45) is 1.95. The van der Waals surface area contributed by atoms with Gasteiger partial charge < -0.3 is 5.32 Å². The molecule has 1 fully saturated rings. The largest absolute Gasteiger partial charge is 0.313 e. The number of thioether (sulfide) groups is 2. The Kier molecular flexibility index (Phi) is 7.39. The molecule has 1 heterocycles. The fourth-order valence-electron chi connectivity index (χ4n) is 2.80. The molecular weight excluding hydrogens is 369 g/mol. The van der Waals surface area contributed by atoms with Gasteiger partial charge in [0, 0.05) is 32.5 Å². The summed E-state index contributed by atoms with van der Waals surface area (Å²) < 4.78 is 14.9. The zero-order valence-corrected chi connectivity index (χ0v) is 15.8. The Morgan fingerprint density at radius 2 is 2.10 bits per heavy atom. The van der Waals surface area contributed by atoms with E-state index in [4.69, 9.17) is 0 Å². The first-order valence-corrected chi connectivity index (χ1v) is 10.4. The topological polar surface area (TPSA) is 12.0 Å². The molecule has 3 atom stereocenters. The van der Waals surface area contributed by atoms with Gasteiger partial charge >= 0.3 is 0 Å². The van der Waals surface area contributed by atoms with E-state index in [0.717, 1.165) is 23.0 Å². The van der Waals surface area contributed by atoms with Crippen molar-refractivity contribution in [1.29, 1.82) is 0 Å². The highest BCUT2D eigenvalue weighted by atomic mass is 79.9. The standard InChI is InChI=1S/C16H23BrFNS2/c1-3-15-16(21-8-7-20-15)14(19-4-2)9-11-5-6-12(17)10-13(11)18/h5-6,10,14-16,19H,3-4,7-9H2,1-2H3. The minimum atomic E-state index is -0.103. The van der Waals surface area contributed by atoms with Crippen LogP contribution in [0.2, 0.25) is 0 Å². The smallest absolute Gasteiger partial charge is 0.127 e. The molecule has 0 aliphatic carbocycles. The molecule has 3 unspecified atom stereocenters. The third-order valence-corrected chi connectivity index (χ3v) is 7.71. The van der Waals surface area contributed by atoms with Gasteiger partial charge in [0.1, 0.15) is 5.82 Å². The van der Waals surface area contributed by atoms with Crippen molar-refractivity contribution in [2.75, 3.05) is 18.1 Å². The normalized spacial score (nSPS) is 24.0. The summed E-state index contributed by atoms with van der Waals surface area (Å²) in [5, 5.41) is 4.83. The third kappa shape index (κ3) is 4.88. The molecule has 1 aromatic rings. The fourth-order valence-corrected chi connectivity index (χ4v) is 6.40. The Morgan fingerprint density at radius 3 is 2.76 bits per heavy atom. The highest BCUT2D eigenvalue weighted by Crippen LogP contribution is 2.36. The van der Waals surface area contributed by atoms with Gasteiger partial charge in [-0.3, -0.25) is 0 Å². The number of likely N-dealkylation sites (N-methyl/N-ethyl adjacent to an activating group) is 1. The van der Waals surface area contributed by atoms with E-state index in [1.165, 1.54) is 17.9 Å². The molecule has 1 saturated heterocycles. The summed E-state index contributed by atoms with van der Waals surface area (Å²) in [5.41, 5.74) is 0.815. The van der Waals surface area contributed by atoms with Crippen molar-refractivity contribution in [3.63, 3.8) is 0 Å². The molecule has 1 aromatic carbocycles. The van der Waals surface area contributed by atoms with Gasteiger partial charge in [0.25, 0.3) is 0 Å². The summed E-state index contributed by atoms with van der Waals surface area (Å²) in [5.74, 6) is 2.34. The Labute approximate surface area is 144 Å². The lowest BCUT2D eigenvalue weighted by Gasteiger charge is -2.36. The fraction of sp³-hybridized carbons (Fsp3) is 0.625. The van der Waals surface area contributed by atoms with Crippen molar-refractivity contribution in [1.82, 2.24) is 5.32 Å². The molecule has 0 spiro atoms. The van der Waals surface area contributed by atoms with Crippen molar-refractivity contribution in [2.45, 2.75) is 43.2 Å². The van der Waals surface area contributed by atoms with Crippen molar-refractivity contribution in [2.24, 2.45) is 0 Å². The second kappa shape index (κ2) is 8.80. The summed E-state index contributed by atoms with van der Waals surface area (Å²) in [6, 6.07) is 5.75. The predicted molar refractivity (Wildman–Crippen MR) is 98.1 cm³/mol. The van der Waals surface area contributed by atoms with Gasteiger partial charge in [-0.05, 0) is 37.1 Å². The van der Waals surface area contributed by atoms with Crippen LogP contribution in [0, 0.1) is 5.82 Å². The van der Waals surface area contributed by atoms with Crippen LogP contribution >= 0.6 is 39.5 Å². The maximum Gasteiger partial charge on any atom is 0.127 e. The number of halogens is 2. The van der Waals surface area contributed by atoms with Gasteiger partial charge in [0.2, 0.25) is 0 Å². The molecule has 1 nitrogen and oxygen atoms in total. The van der Waals surface area contributed by atoms with Crippen molar-refractivity contribution < 1.29 is 4.39 Å². The molecule has 1 aliphatic rings. The van der Waals surface area contributed by atoms with E-state index in [9.17, 15) is 4.39 Å². The molecule has 1 aliphatic heterocycles. The maximum atomic E-state index is 14.1. The first-order chi connectivity index (χ1) is 10.2. The quantitative estimate of drug-likeness (QED) is 0.751. The van der Waals surface area contributed by atoms with Crippen LogP contribution in [-0.4, -0.2) is 34.6 Å². The Bertz CT molecular complexity index is 458. The highest BCUT2D eigenvalue weighted by Gasteiger charge is 2.32. The summed E-state index contributed by atoms with van der Waals surface area (Å²) >= 11 is 7.47. The van der Waals surface area contributed by atoms with E-state index in [2.05, 4.69) is 58.6 Å². The Balaban J connectivity index is 2.13. The monoisotopic (exact) mass is 391 g/mol. The lowest BCUT2D eigenvalue weighted by Crippen LogP contribution is -2.46. The molecule has 0 bridgehead atoms. The van der Waals surface area contributed by atoms with Crippen LogP contribution < -0.4 is 5.32 Å². The molecular formula is C16H23BrFNS2. The van der Waals surface area contributed by atoms with Gasteiger partial charge in [-0.25, -0.2) is 4.39 Å². The summed E-state index contributed by atoms with van der Waals surface area (Å²) in [7, 11) is 0. The number of rotatable bonds is 6. The van der Waals surface area contributed by atoms with Crippen LogP contribution in [0.3, 0.4) is 0 Å². The average molecular weight is 392 g/mol. The Morgan fingerprint density at radius 1 is 1.33 bits per heavy atom. The van der Waals surface area contributed by atoms with Crippen LogP contribution in [-0.2, 0) is 6.42 Å². The minimum Gasteiger partial charge on any atom is -0.313 e. The zero-order chi connectivity index (χ0) is 15.2. The van der Waals surface area contributed by atoms with E-state index < -0.39 is 0 Å². The number of hydrogen-bond acceptors (Lipinski definition) is 3. The van der Waals surface area contributed by atoms with Crippen molar-refractivity contribution in [3.8, 4) is 0 Å². The van der Waals surface area contributed by atoms with Gasteiger partial charge in [-0.1, -0.05) is 35.8 Å². The lowest BCUT2D eigenvalue weighted by molar-refractivity contribution is 0.479. The van der Waals surface area contributed by atoms with E-state index >= 15 is 0 Å². The van der Waals surface area contributed by atoms with Gasteiger partial charge in [-0.2, -0.15) is 23.5 Å². The summed E-state index contributed by atoms with van der Waals surface area (Å²) in [6.45, 7) is 5.33. The van der Waals surface area contributed by atoms with E-state index in [1.54, 1.807) is 6.07 Å². The Hall–Kier alpha value is 0.290. The molecule has 0 amide bonds. The maximum absolute atomic E-state index is 14.1. The van der Waals surface area contributed by atoms with Gasteiger partial charge in [0.15, 0.2) is 0 Å². The molecule has 21 heavy (non-hydrogen) atoms. The van der Waals surface area contributed by atoms with Crippen LogP contribution in [0.1, 0.15) is 25.8 Å². The van der Waals surface area contributed by atoms with E-state index in [0.29, 0.717) is 16.5 Å². The molecule has 0 saturated carbocycles. The van der Waals surface area contributed by atoms with Crippen molar-refractivity contribution >= 4 is 39.5 Å². The highest BCUT2D eigenvalue weighted by molar-refractivity contribution is 9.10. The SMILES string of the molecule is CCNC(Cc1ccc(Br)cc1F)C1SCCSC1CC. The first kappa shape index (κ1) is 17.6. The lowest BCUT2D eigenvalue weighted by atomic mass is 9.99. The summed E-state index contributed by atoms with van der Waals surface area (Å²) in [4.78, 5) is 0. The second-order valence-corrected chi connectivity index (χ2v) is 8.81. The predicted octanol–water partition coefficient (Wildman–Crippen LogP) is 4.74. The molecule has 118 valence electrons. The van der Waals surface area contributed by atoms with Crippen LogP contribution in [0.15, 0.2) is 22.7 Å². The van der Waals surface area contributed by atoms with Crippen LogP contribution in [0.5, 0.6) is 0 Å². The first-order valence-electron chi connectivity index (χ1n) is 7.56. The van der Waals surface area contributed by atoms with E-state index in [-0.39, 0.29) is 5.82 Å². The number of nitrogens with one attached hydrogen (secondary N) is 1. The van der Waals surface area contributed by atoms with Crippen LogP contribution in [0.25, 0.3) is 0 Å². The second-order valence-electron chi connectivity index (χ2n) is 5.26.